The molecule has 31 heavy (non-hydrogen) atoms. The Morgan fingerprint density at radius 1 is 0.419 bits per heavy atom. The van der Waals surface area contributed by atoms with Crippen molar-refractivity contribution in [3.63, 3.8) is 0 Å². The normalized spacial score (nSPS) is 12.2. The van der Waals surface area contributed by atoms with Crippen LogP contribution in [0.4, 0.5) is 0 Å². The van der Waals surface area contributed by atoms with Crippen LogP contribution in [0.2, 0.25) is 0 Å². The molecule has 0 aliphatic rings. The number of benzene rings is 4. The molecule has 0 aliphatic carbocycles. The number of hydrogen-bond acceptors (Lipinski definition) is 0. The molecule has 0 unspecified atom stereocenters. The SMILES string of the molecule is [Cl][Au]=[P](C[P](=[Au][Cl])(c1ccccc1)c1ccccc1)(c1ccccc1)c1ccccc1. The molecule has 6 heteroatoms. The second kappa shape index (κ2) is 11.3. The molecular formula is C25H22Au2Cl2P2. The van der Waals surface area contributed by atoms with Crippen LogP contribution in [-0.4, -0.2) is 5.90 Å². The van der Waals surface area contributed by atoms with Gasteiger partial charge in [0.25, 0.3) is 0 Å². The second-order valence-corrected chi connectivity index (χ2v) is 30.1. The van der Waals surface area contributed by atoms with Crippen LogP contribution >= 0.6 is 27.8 Å². The average Bonchev–Trinajstić information content (AvgIpc) is 2.87. The molecule has 0 radical (unpaired) electrons. The first-order valence-corrected chi connectivity index (χ1v) is 24.4. The summed E-state index contributed by atoms with van der Waals surface area (Å²) in [5.41, 5.74) is 0. The van der Waals surface area contributed by atoms with E-state index >= 15 is 0 Å². The molecule has 0 amide bonds. The molecule has 168 valence electrons. The molecule has 0 aromatic heterocycles. The van der Waals surface area contributed by atoms with Gasteiger partial charge in [0.05, 0.1) is 0 Å². The van der Waals surface area contributed by atoms with E-state index < -0.39 is 44.7 Å². The predicted molar refractivity (Wildman–Crippen MR) is 135 cm³/mol. The van der Waals surface area contributed by atoms with Crippen LogP contribution in [0.1, 0.15) is 0 Å². The van der Waals surface area contributed by atoms with E-state index in [2.05, 4.69) is 121 Å². The van der Waals surface area contributed by atoms with Gasteiger partial charge in [-0.25, -0.2) is 0 Å². The fraction of sp³-hybridized carbons (Fsp3) is 0.0400. The van der Waals surface area contributed by atoms with Gasteiger partial charge in [-0.3, -0.25) is 0 Å². The van der Waals surface area contributed by atoms with Crippen molar-refractivity contribution in [3.8, 4) is 0 Å². The molecule has 4 aromatic carbocycles. The van der Waals surface area contributed by atoms with Gasteiger partial charge in [0, 0.05) is 0 Å². The van der Waals surface area contributed by atoms with Gasteiger partial charge < -0.3 is 0 Å². The molecule has 0 nitrogen and oxygen atoms in total. The van der Waals surface area contributed by atoms with Crippen molar-refractivity contribution >= 4 is 49.0 Å². The van der Waals surface area contributed by atoms with Crippen molar-refractivity contribution in [3.05, 3.63) is 121 Å². The Morgan fingerprint density at radius 3 is 0.839 bits per heavy atom. The zero-order chi connectivity index (χ0) is 21.6. The van der Waals surface area contributed by atoms with Crippen LogP contribution in [0.15, 0.2) is 121 Å². The van der Waals surface area contributed by atoms with Crippen LogP contribution in [0.3, 0.4) is 0 Å². The summed E-state index contributed by atoms with van der Waals surface area (Å²) < 4.78 is -3.60. The standard InChI is InChI=1S/C25H22P2.2Au.2ClH/c1-5-13-22(14-6-1)26(23-15-7-2-8-16-23)21-27(24-17-9-3-10-18-24)25-19-11-4-12-20-25;;;;/h1-20H,21H2;;;2*1H/q;2*+1;;/p-2. The molecule has 4 aromatic rings. The van der Waals surface area contributed by atoms with Gasteiger partial charge in [0.2, 0.25) is 0 Å². The van der Waals surface area contributed by atoms with Gasteiger partial charge in [-0.15, -0.1) is 0 Å². The maximum atomic E-state index is 7.06. The van der Waals surface area contributed by atoms with E-state index in [1.54, 1.807) is 0 Å². The minimum absolute atomic E-state index is 0.451. The van der Waals surface area contributed by atoms with E-state index in [4.69, 9.17) is 18.4 Å². The number of halogens is 2. The first-order valence-electron chi connectivity index (χ1n) is 9.67. The van der Waals surface area contributed by atoms with Gasteiger partial charge in [-0.1, -0.05) is 0 Å². The maximum absolute atomic E-state index is 7.06. The number of rotatable bonds is 6. The predicted octanol–water partition coefficient (Wildman–Crippen LogP) is 6.58. The summed E-state index contributed by atoms with van der Waals surface area (Å²) >= 11 is -0.902. The third-order valence-electron chi connectivity index (χ3n) is 5.12. The second-order valence-electron chi connectivity index (χ2n) is 6.90. The van der Waals surface area contributed by atoms with Crippen LogP contribution in [0.25, 0.3) is 0 Å². The van der Waals surface area contributed by atoms with Gasteiger partial charge in [-0.2, -0.15) is 0 Å². The molecule has 0 spiro atoms. The topological polar surface area (TPSA) is 0 Å². The molecular weight excluding hydrogens is 827 g/mol. The van der Waals surface area contributed by atoms with E-state index in [0.717, 1.165) is 5.90 Å². The van der Waals surface area contributed by atoms with Crippen molar-refractivity contribution in [2.45, 2.75) is 0 Å². The fourth-order valence-corrected chi connectivity index (χ4v) is 43.9. The van der Waals surface area contributed by atoms with Crippen molar-refractivity contribution in [1.82, 2.24) is 0 Å². The zero-order valence-corrected chi connectivity index (χ0v) is 24.1. The van der Waals surface area contributed by atoms with Gasteiger partial charge in [0.15, 0.2) is 0 Å². The summed E-state index contributed by atoms with van der Waals surface area (Å²) in [5.74, 6) is 1.07. The quantitative estimate of drug-likeness (QED) is 0.152. The average molecular weight is 849 g/mol. The summed E-state index contributed by atoms with van der Waals surface area (Å²) in [6.45, 7) is 0. The first kappa shape index (κ1) is 23.9. The summed E-state index contributed by atoms with van der Waals surface area (Å²) in [6.07, 6.45) is 0. The molecule has 0 fully saturated rings. The molecule has 0 N–H and O–H groups in total. The van der Waals surface area contributed by atoms with E-state index in [1.165, 1.54) is 21.2 Å². The van der Waals surface area contributed by atoms with Gasteiger partial charge >= 0.3 is 211 Å². The molecule has 4 rings (SSSR count). The van der Waals surface area contributed by atoms with Crippen LogP contribution in [0, 0.1) is 0 Å². The molecule has 0 saturated heterocycles. The third kappa shape index (κ3) is 5.01. The van der Waals surface area contributed by atoms with Gasteiger partial charge in [-0.05, 0) is 0 Å². The first-order chi connectivity index (χ1) is 15.2. The van der Waals surface area contributed by atoms with E-state index in [9.17, 15) is 0 Å². The molecule has 0 saturated carbocycles. The monoisotopic (exact) mass is 848 g/mol. The van der Waals surface area contributed by atoms with E-state index in [1.807, 2.05) is 0 Å². The summed E-state index contributed by atoms with van der Waals surface area (Å²) in [7, 11) is 14.1. The number of hydrogen-bond donors (Lipinski definition) is 0. The van der Waals surface area contributed by atoms with Crippen molar-refractivity contribution in [1.29, 1.82) is 0 Å². The zero-order valence-electron chi connectivity index (χ0n) is 16.5. The molecule has 0 aliphatic heterocycles. The minimum atomic E-state index is -1.80. The van der Waals surface area contributed by atoms with E-state index in [0.29, 0.717) is 0 Å². The Hall–Kier alpha value is -0.199. The van der Waals surface area contributed by atoms with E-state index in [-0.39, 0.29) is 0 Å². The van der Waals surface area contributed by atoms with Gasteiger partial charge in [0.1, 0.15) is 0 Å². The van der Waals surface area contributed by atoms with Crippen LogP contribution < -0.4 is 21.2 Å². The Bertz CT molecular complexity index is 1040. The molecule has 0 bridgehead atoms. The van der Waals surface area contributed by atoms with Crippen molar-refractivity contribution in [2.24, 2.45) is 0 Å². The fourth-order valence-electron chi connectivity index (χ4n) is 3.63. The molecule has 0 heterocycles. The van der Waals surface area contributed by atoms with Crippen LogP contribution in [0.5, 0.6) is 0 Å². The molecule has 0 atom stereocenters. The summed E-state index contributed by atoms with van der Waals surface area (Å²) in [5, 5.41) is 5.61. The Kier molecular flexibility index (Phi) is 8.72. The Morgan fingerprint density at radius 2 is 0.645 bits per heavy atom. The van der Waals surface area contributed by atoms with Crippen LogP contribution in [-0.2, 0) is 35.3 Å². The summed E-state index contributed by atoms with van der Waals surface area (Å²) in [6, 6.07) is 43.9. The third-order valence-corrected chi connectivity index (χ3v) is 37.3. The summed E-state index contributed by atoms with van der Waals surface area (Å²) in [4.78, 5) is 0. The van der Waals surface area contributed by atoms with Crippen molar-refractivity contribution in [2.75, 3.05) is 5.90 Å². The Balaban J connectivity index is 2.04. The Labute approximate surface area is 209 Å². The van der Waals surface area contributed by atoms with Crippen molar-refractivity contribution < 1.29 is 35.3 Å².